The highest BCUT2D eigenvalue weighted by molar-refractivity contribution is 5.80. The van der Waals surface area contributed by atoms with Crippen molar-refractivity contribution >= 4 is 11.9 Å². The van der Waals surface area contributed by atoms with Crippen LogP contribution in [0.15, 0.2) is 30.3 Å². The van der Waals surface area contributed by atoms with Crippen molar-refractivity contribution in [2.24, 2.45) is 17.8 Å². The molecule has 30 heavy (non-hydrogen) atoms. The minimum Gasteiger partial charge on any atom is -0.469 e. The third kappa shape index (κ3) is 5.05. The Bertz CT molecular complexity index is 700. The van der Waals surface area contributed by atoms with Gasteiger partial charge >= 0.3 is 5.97 Å². The summed E-state index contributed by atoms with van der Waals surface area (Å²) >= 11 is 0. The lowest BCUT2D eigenvalue weighted by atomic mass is 9.80. The Morgan fingerprint density at radius 2 is 1.77 bits per heavy atom. The average molecular weight is 415 g/mol. The summed E-state index contributed by atoms with van der Waals surface area (Å²) in [7, 11) is 1.46. The first kappa shape index (κ1) is 22.8. The van der Waals surface area contributed by atoms with Crippen LogP contribution in [0.5, 0.6) is 0 Å². The number of nitrogens with one attached hydrogen (secondary N) is 1. The molecule has 2 aliphatic carbocycles. The first-order chi connectivity index (χ1) is 14.2. The number of amides is 1. The minimum atomic E-state index is -0.180. The fourth-order valence-corrected chi connectivity index (χ4v) is 5.96. The molecule has 166 valence electrons. The summed E-state index contributed by atoms with van der Waals surface area (Å²) in [4.78, 5) is 27.4. The fraction of sp³-hybridized carbons (Fsp3) is 0.680. The van der Waals surface area contributed by atoms with Gasteiger partial charge in [0.05, 0.1) is 19.6 Å². The molecule has 1 saturated heterocycles. The predicted molar refractivity (Wildman–Crippen MR) is 119 cm³/mol. The van der Waals surface area contributed by atoms with Gasteiger partial charge in [-0.25, -0.2) is 0 Å². The van der Waals surface area contributed by atoms with Gasteiger partial charge in [0.25, 0.3) is 0 Å². The van der Waals surface area contributed by atoms with Crippen LogP contribution in [0.2, 0.25) is 0 Å². The number of esters is 1. The van der Waals surface area contributed by atoms with E-state index in [4.69, 9.17) is 4.74 Å². The Morgan fingerprint density at radius 1 is 1.07 bits per heavy atom. The van der Waals surface area contributed by atoms with Crippen molar-refractivity contribution in [3.8, 4) is 0 Å². The lowest BCUT2D eigenvalue weighted by Crippen LogP contribution is -2.49. The van der Waals surface area contributed by atoms with Gasteiger partial charge in [-0.1, -0.05) is 57.0 Å². The van der Waals surface area contributed by atoms with Crippen LogP contribution in [-0.2, 0) is 14.3 Å². The van der Waals surface area contributed by atoms with Crippen LogP contribution in [0.3, 0.4) is 0 Å². The Balaban J connectivity index is 0.00000256. The van der Waals surface area contributed by atoms with Crippen LogP contribution in [0, 0.1) is 17.8 Å². The number of hydrogen-bond donors (Lipinski definition) is 1. The van der Waals surface area contributed by atoms with E-state index in [9.17, 15) is 9.59 Å². The SMILES string of the molecule is C.COC(=O)C1CC2CCCCC2C1NC(=O)CN1CCC(c2ccccc2)CC1. The molecule has 1 heterocycles. The second-order valence-corrected chi connectivity index (χ2v) is 9.13. The van der Waals surface area contributed by atoms with Gasteiger partial charge in [0.1, 0.15) is 0 Å². The largest absolute Gasteiger partial charge is 0.469 e. The predicted octanol–water partition coefficient (Wildman–Crippen LogP) is 3.99. The molecule has 0 radical (unpaired) electrons. The van der Waals surface area contributed by atoms with E-state index >= 15 is 0 Å². The van der Waals surface area contributed by atoms with Crippen LogP contribution in [0.4, 0.5) is 0 Å². The zero-order chi connectivity index (χ0) is 20.2. The number of carbonyl (C=O) groups is 2. The zero-order valence-electron chi connectivity index (χ0n) is 17.5. The molecule has 1 N–H and O–H groups in total. The highest BCUT2D eigenvalue weighted by Gasteiger charge is 2.48. The molecule has 3 fully saturated rings. The second-order valence-electron chi connectivity index (χ2n) is 9.13. The molecule has 1 aromatic rings. The van der Waals surface area contributed by atoms with Crippen LogP contribution >= 0.6 is 0 Å². The lowest BCUT2D eigenvalue weighted by molar-refractivity contribution is -0.146. The summed E-state index contributed by atoms with van der Waals surface area (Å²) in [6.45, 7) is 2.33. The topological polar surface area (TPSA) is 58.6 Å². The van der Waals surface area contributed by atoms with Crippen molar-refractivity contribution in [3.05, 3.63) is 35.9 Å². The number of likely N-dealkylation sites (tertiary alicyclic amines) is 1. The monoisotopic (exact) mass is 414 g/mol. The average Bonchev–Trinajstić information content (AvgIpc) is 3.12. The van der Waals surface area contributed by atoms with E-state index in [0.717, 1.165) is 38.8 Å². The summed E-state index contributed by atoms with van der Waals surface area (Å²) in [5.41, 5.74) is 1.41. The molecule has 4 atom stereocenters. The smallest absolute Gasteiger partial charge is 0.310 e. The summed E-state index contributed by atoms with van der Waals surface area (Å²) in [6.07, 6.45) is 7.79. The molecule has 0 aromatic heterocycles. The summed E-state index contributed by atoms with van der Waals surface area (Å²) in [5, 5.41) is 3.25. The second kappa shape index (κ2) is 10.4. The van der Waals surface area contributed by atoms with Gasteiger partial charge in [0, 0.05) is 6.04 Å². The van der Waals surface area contributed by atoms with Crippen LogP contribution in [0.1, 0.15) is 63.9 Å². The maximum absolute atomic E-state index is 12.8. The Morgan fingerprint density at radius 3 is 2.47 bits per heavy atom. The molecule has 5 nitrogen and oxygen atoms in total. The standard InChI is InChI=1S/C24H34N2O3.CH4/c1-29-24(28)21-15-19-9-5-6-10-20(19)23(21)25-22(27)16-26-13-11-18(12-14-26)17-7-3-2-4-8-17;/h2-4,7-8,18-21,23H,5-6,9-16H2,1H3,(H,25,27);1H4. The maximum Gasteiger partial charge on any atom is 0.310 e. The van der Waals surface area contributed by atoms with E-state index in [1.165, 1.54) is 31.9 Å². The molecule has 3 aliphatic rings. The van der Waals surface area contributed by atoms with Crippen molar-refractivity contribution in [3.63, 3.8) is 0 Å². The van der Waals surface area contributed by atoms with Crippen molar-refractivity contribution in [1.82, 2.24) is 10.2 Å². The van der Waals surface area contributed by atoms with E-state index in [1.807, 2.05) is 0 Å². The summed E-state index contributed by atoms with van der Waals surface area (Å²) in [6, 6.07) is 10.6. The van der Waals surface area contributed by atoms with Gasteiger partial charge in [0.15, 0.2) is 0 Å². The number of rotatable bonds is 5. The van der Waals surface area contributed by atoms with E-state index < -0.39 is 0 Å². The molecule has 4 rings (SSSR count). The number of fused-ring (bicyclic) bond motifs is 1. The molecule has 5 heteroatoms. The molecule has 1 amide bonds. The van der Waals surface area contributed by atoms with Crippen molar-refractivity contribution < 1.29 is 14.3 Å². The number of ether oxygens (including phenoxy) is 1. The molecule has 2 saturated carbocycles. The zero-order valence-corrected chi connectivity index (χ0v) is 17.5. The number of nitrogens with zero attached hydrogens (tertiary/aromatic N) is 1. The molecule has 4 unspecified atom stereocenters. The molecule has 0 bridgehead atoms. The maximum atomic E-state index is 12.8. The number of piperidine rings is 1. The third-order valence-electron chi connectivity index (χ3n) is 7.48. The lowest BCUT2D eigenvalue weighted by Gasteiger charge is -2.33. The van der Waals surface area contributed by atoms with Gasteiger partial charge in [0.2, 0.25) is 5.91 Å². The first-order valence-electron chi connectivity index (χ1n) is 11.3. The van der Waals surface area contributed by atoms with Crippen molar-refractivity contribution in [2.45, 2.75) is 64.3 Å². The van der Waals surface area contributed by atoms with Crippen LogP contribution in [-0.4, -0.2) is 49.6 Å². The minimum absolute atomic E-state index is 0. The molecular formula is C25H38N2O3. The Kier molecular flexibility index (Phi) is 7.93. The quantitative estimate of drug-likeness (QED) is 0.740. The number of carbonyl (C=O) groups excluding carboxylic acids is 2. The molecule has 0 spiro atoms. The first-order valence-corrected chi connectivity index (χ1v) is 11.3. The van der Waals surface area contributed by atoms with Gasteiger partial charge in [-0.3, -0.25) is 14.5 Å². The van der Waals surface area contributed by atoms with Gasteiger partial charge in [-0.15, -0.1) is 0 Å². The van der Waals surface area contributed by atoms with E-state index in [1.54, 1.807) is 0 Å². The summed E-state index contributed by atoms with van der Waals surface area (Å²) in [5.74, 6) is 1.31. The highest BCUT2D eigenvalue weighted by Crippen LogP contribution is 2.45. The van der Waals surface area contributed by atoms with Crippen LogP contribution < -0.4 is 5.32 Å². The van der Waals surface area contributed by atoms with Crippen LogP contribution in [0.25, 0.3) is 0 Å². The van der Waals surface area contributed by atoms with Crippen molar-refractivity contribution in [1.29, 1.82) is 0 Å². The molecular weight excluding hydrogens is 376 g/mol. The third-order valence-corrected chi connectivity index (χ3v) is 7.48. The van der Waals surface area contributed by atoms with E-state index in [-0.39, 0.29) is 31.3 Å². The van der Waals surface area contributed by atoms with Gasteiger partial charge < -0.3 is 10.1 Å². The van der Waals surface area contributed by atoms with Crippen molar-refractivity contribution in [2.75, 3.05) is 26.7 Å². The van der Waals surface area contributed by atoms with E-state index in [2.05, 4.69) is 40.5 Å². The van der Waals surface area contributed by atoms with E-state index in [0.29, 0.717) is 24.3 Å². The van der Waals surface area contributed by atoms with Gasteiger partial charge in [-0.05, 0) is 62.1 Å². The number of methoxy groups -OCH3 is 1. The molecule has 1 aliphatic heterocycles. The number of benzene rings is 1. The summed E-state index contributed by atoms with van der Waals surface area (Å²) < 4.78 is 5.06. The normalized spacial score (nSPS) is 29.5. The highest BCUT2D eigenvalue weighted by atomic mass is 16.5. The Hall–Kier alpha value is -1.88. The molecule has 1 aromatic carbocycles. The number of hydrogen-bond acceptors (Lipinski definition) is 4. The fourth-order valence-electron chi connectivity index (χ4n) is 5.96. The van der Waals surface area contributed by atoms with Gasteiger partial charge in [-0.2, -0.15) is 0 Å². The Labute approximate surface area is 181 Å².